The summed E-state index contributed by atoms with van der Waals surface area (Å²) in [6.07, 6.45) is 0. The van der Waals surface area contributed by atoms with Gasteiger partial charge in [-0.05, 0) is 6.07 Å². The van der Waals surface area contributed by atoms with E-state index in [-0.39, 0.29) is 27.4 Å². The number of alkyl halides is 2. The minimum absolute atomic E-state index is 0.0161. The first-order valence-electron chi connectivity index (χ1n) is 5.87. The van der Waals surface area contributed by atoms with Crippen molar-refractivity contribution in [1.29, 1.82) is 0 Å². The molecule has 0 fully saturated rings. The molecule has 0 aliphatic carbocycles. The molecule has 0 aliphatic rings. The van der Waals surface area contributed by atoms with Gasteiger partial charge in [-0.15, -0.1) is 0 Å². The summed E-state index contributed by atoms with van der Waals surface area (Å²) < 4.78 is 48.7. The lowest BCUT2D eigenvalue weighted by Crippen LogP contribution is -2.06. The standard InChI is InChI=1S/C12H7ClF3N3O3/c1-19-10(22-11(15)16)8(13)9(18-19)4-2-6-7(3-5(4)14)21-12(20)17-6/h2-3,11H,1H3,(H,17,20). The van der Waals surface area contributed by atoms with Crippen LogP contribution in [0, 0.1) is 5.82 Å². The van der Waals surface area contributed by atoms with E-state index in [0.29, 0.717) is 0 Å². The first kappa shape index (κ1) is 14.5. The van der Waals surface area contributed by atoms with Crippen molar-refractivity contribution in [2.75, 3.05) is 0 Å². The quantitative estimate of drug-likeness (QED) is 0.800. The van der Waals surface area contributed by atoms with E-state index < -0.39 is 24.1 Å². The van der Waals surface area contributed by atoms with Crippen LogP contribution in [0.5, 0.6) is 5.88 Å². The normalized spacial score (nSPS) is 11.5. The van der Waals surface area contributed by atoms with E-state index >= 15 is 0 Å². The van der Waals surface area contributed by atoms with E-state index in [9.17, 15) is 18.0 Å². The molecule has 0 amide bonds. The van der Waals surface area contributed by atoms with Crippen molar-refractivity contribution in [2.24, 2.45) is 7.05 Å². The number of halogens is 4. The summed E-state index contributed by atoms with van der Waals surface area (Å²) in [5.41, 5.74) is 0.0531. The molecular weight excluding hydrogens is 327 g/mol. The number of aromatic nitrogens is 3. The number of nitrogens with zero attached hydrogens (tertiary/aromatic N) is 2. The highest BCUT2D eigenvalue weighted by molar-refractivity contribution is 6.34. The number of fused-ring (bicyclic) bond motifs is 1. The fourth-order valence-electron chi connectivity index (χ4n) is 2.02. The minimum Gasteiger partial charge on any atom is -0.416 e. The van der Waals surface area contributed by atoms with Crippen LogP contribution < -0.4 is 10.5 Å². The largest absolute Gasteiger partial charge is 0.417 e. The molecule has 3 rings (SSSR count). The molecule has 116 valence electrons. The molecule has 2 aromatic heterocycles. The van der Waals surface area contributed by atoms with Crippen LogP contribution in [0.4, 0.5) is 13.2 Å². The summed E-state index contributed by atoms with van der Waals surface area (Å²) in [6.45, 7) is -3.10. The Balaban J connectivity index is 2.18. The van der Waals surface area contributed by atoms with Crippen LogP contribution in [0.25, 0.3) is 22.4 Å². The van der Waals surface area contributed by atoms with Gasteiger partial charge in [-0.1, -0.05) is 11.6 Å². The Bertz CT molecular complexity index is 916. The number of rotatable bonds is 3. The predicted octanol–water partition coefficient (Wildman–Crippen LogP) is 2.92. The van der Waals surface area contributed by atoms with Crippen molar-refractivity contribution in [3.63, 3.8) is 0 Å². The zero-order valence-electron chi connectivity index (χ0n) is 10.9. The van der Waals surface area contributed by atoms with Crippen molar-refractivity contribution in [1.82, 2.24) is 14.8 Å². The Hall–Kier alpha value is -2.42. The van der Waals surface area contributed by atoms with Gasteiger partial charge in [0.2, 0.25) is 5.88 Å². The number of benzene rings is 1. The zero-order chi connectivity index (χ0) is 16.0. The van der Waals surface area contributed by atoms with Gasteiger partial charge in [0.1, 0.15) is 16.5 Å². The van der Waals surface area contributed by atoms with Gasteiger partial charge in [0.05, 0.1) is 5.52 Å². The maximum Gasteiger partial charge on any atom is 0.417 e. The molecule has 0 radical (unpaired) electrons. The molecule has 0 saturated carbocycles. The lowest BCUT2D eigenvalue weighted by Gasteiger charge is -2.03. The Kier molecular flexibility index (Phi) is 3.36. The van der Waals surface area contributed by atoms with Gasteiger partial charge in [-0.25, -0.2) is 13.9 Å². The molecule has 22 heavy (non-hydrogen) atoms. The summed E-state index contributed by atoms with van der Waals surface area (Å²) in [5, 5.41) is 3.60. The third-order valence-corrected chi connectivity index (χ3v) is 3.24. The van der Waals surface area contributed by atoms with Gasteiger partial charge in [0.25, 0.3) is 0 Å². The third kappa shape index (κ3) is 2.33. The molecule has 0 spiro atoms. The van der Waals surface area contributed by atoms with Gasteiger partial charge < -0.3 is 9.15 Å². The van der Waals surface area contributed by atoms with Crippen LogP contribution in [0.15, 0.2) is 21.3 Å². The predicted molar refractivity (Wildman–Crippen MR) is 70.6 cm³/mol. The molecule has 0 aliphatic heterocycles. The summed E-state index contributed by atoms with van der Waals surface area (Å²) in [5.74, 6) is -1.92. The molecule has 0 unspecified atom stereocenters. The summed E-state index contributed by atoms with van der Waals surface area (Å²) >= 11 is 5.93. The average Bonchev–Trinajstić information content (AvgIpc) is 2.90. The molecule has 0 atom stereocenters. The topological polar surface area (TPSA) is 73.0 Å². The van der Waals surface area contributed by atoms with Crippen LogP contribution in [0.3, 0.4) is 0 Å². The minimum atomic E-state index is -3.10. The van der Waals surface area contributed by atoms with Gasteiger partial charge >= 0.3 is 12.4 Å². The molecule has 1 N–H and O–H groups in total. The molecule has 3 aromatic rings. The summed E-state index contributed by atoms with van der Waals surface area (Å²) in [4.78, 5) is 13.5. The molecule has 0 bridgehead atoms. The number of ether oxygens (including phenoxy) is 1. The SMILES string of the molecule is Cn1nc(-c2cc3[nH]c(=O)oc3cc2F)c(Cl)c1OC(F)F. The first-order valence-corrected chi connectivity index (χ1v) is 6.24. The molecule has 0 saturated heterocycles. The fraction of sp³-hybridized carbons (Fsp3) is 0.167. The van der Waals surface area contributed by atoms with Crippen LogP contribution in [0.2, 0.25) is 5.02 Å². The molecule has 6 nitrogen and oxygen atoms in total. The number of hydrogen-bond acceptors (Lipinski definition) is 4. The lowest BCUT2D eigenvalue weighted by molar-refractivity contribution is -0.0552. The lowest BCUT2D eigenvalue weighted by atomic mass is 10.1. The maximum atomic E-state index is 14.1. The maximum absolute atomic E-state index is 14.1. The van der Waals surface area contributed by atoms with Crippen molar-refractivity contribution in [3.8, 4) is 17.1 Å². The van der Waals surface area contributed by atoms with E-state index in [2.05, 4.69) is 14.8 Å². The Morgan fingerprint density at radius 2 is 2.18 bits per heavy atom. The number of H-pyrrole nitrogens is 1. The monoisotopic (exact) mass is 333 g/mol. The number of aryl methyl sites for hydroxylation is 1. The molecule has 2 heterocycles. The van der Waals surface area contributed by atoms with Crippen molar-refractivity contribution >= 4 is 22.7 Å². The van der Waals surface area contributed by atoms with Crippen LogP contribution >= 0.6 is 11.6 Å². The van der Waals surface area contributed by atoms with Gasteiger partial charge in [0.15, 0.2) is 5.58 Å². The van der Waals surface area contributed by atoms with Gasteiger partial charge in [-0.3, -0.25) is 4.98 Å². The number of hydrogen-bond donors (Lipinski definition) is 1. The van der Waals surface area contributed by atoms with Gasteiger partial charge in [-0.2, -0.15) is 13.9 Å². The number of nitrogens with one attached hydrogen (secondary N) is 1. The van der Waals surface area contributed by atoms with E-state index in [1.807, 2.05) is 0 Å². The third-order valence-electron chi connectivity index (χ3n) is 2.90. The van der Waals surface area contributed by atoms with E-state index in [1.54, 1.807) is 0 Å². The Morgan fingerprint density at radius 3 is 2.86 bits per heavy atom. The second-order valence-electron chi connectivity index (χ2n) is 4.31. The number of oxazole rings is 1. The highest BCUT2D eigenvalue weighted by atomic mass is 35.5. The Labute approximate surface area is 125 Å². The van der Waals surface area contributed by atoms with E-state index in [1.165, 1.54) is 13.1 Å². The van der Waals surface area contributed by atoms with Crippen LogP contribution in [-0.2, 0) is 7.05 Å². The molecule has 10 heteroatoms. The van der Waals surface area contributed by atoms with Crippen LogP contribution in [0.1, 0.15) is 0 Å². The zero-order valence-corrected chi connectivity index (χ0v) is 11.6. The second kappa shape index (κ2) is 5.09. The smallest absolute Gasteiger partial charge is 0.416 e. The molecular formula is C12H7ClF3N3O3. The average molecular weight is 334 g/mol. The van der Waals surface area contributed by atoms with Crippen LogP contribution in [-0.4, -0.2) is 21.4 Å². The highest BCUT2D eigenvalue weighted by Gasteiger charge is 2.23. The number of aromatic amines is 1. The highest BCUT2D eigenvalue weighted by Crippen LogP contribution is 2.37. The summed E-state index contributed by atoms with van der Waals surface area (Å²) in [7, 11) is 1.32. The fourth-order valence-corrected chi connectivity index (χ4v) is 2.33. The van der Waals surface area contributed by atoms with E-state index in [0.717, 1.165) is 10.7 Å². The van der Waals surface area contributed by atoms with Crippen molar-refractivity contribution in [2.45, 2.75) is 6.61 Å². The summed E-state index contributed by atoms with van der Waals surface area (Å²) in [6, 6.07) is 2.22. The van der Waals surface area contributed by atoms with Gasteiger partial charge in [0, 0.05) is 18.7 Å². The first-order chi connectivity index (χ1) is 10.4. The van der Waals surface area contributed by atoms with Crippen molar-refractivity contribution in [3.05, 3.63) is 33.5 Å². The second-order valence-corrected chi connectivity index (χ2v) is 4.69. The van der Waals surface area contributed by atoms with E-state index in [4.69, 9.17) is 16.0 Å². The van der Waals surface area contributed by atoms with Crippen molar-refractivity contribution < 1.29 is 22.3 Å². The Morgan fingerprint density at radius 1 is 1.45 bits per heavy atom. The molecule has 1 aromatic carbocycles.